The van der Waals surface area contributed by atoms with E-state index in [1.165, 1.54) is 12.1 Å². The molecule has 2 heterocycles. The fourth-order valence-corrected chi connectivity index (χ4v) is 3.98. The van der Waals surface area contributed by atoms with Gasteiger partial charge in [-0.3, -0.25) is 4.79 Å². The Kier molecular flexibility index (Phi) is 4.13. The van der Waals surface area contributed by atoms with Crippen LogP contribution in [0.1, 0.15) is 17.3 Å². The predicted molar refractivity (Wildman–Crippen MR) is 113 cm³/mol. The number of rotatable bonds is 3. The molecule has 0 aliphatic rings. The van der Waals surface area contributed by atoms with Crippen molar-refractivity contribution in [3.8, 4) is 11.3 Å². The zero-order chi connectivity index (χ0) is 20.8. The third-order valence-corrected chi connectivity index (χ3v) is 5.20. The van der Waals surface area contributed by atoms with E-state index in [9.17, 15) is 14.0 Å². The molecule has 0 N–H and O–H groups in total. The van der Waals surface area contributed by atoms with Crippen molar-refractivity contribution < 1.29 is 13.9 Å². The first-order valence-corrected chi connectivity index (χ1v) is 9.62. The number of carbonyl (C=O) groups excluding carboxylic acids is 1. The van der Waals surface area contributed by atoms with Crippen LogP contribution in [-0.4, -0.2) is 21.6 Å². The maximum Gasteiger partial charge on any atom is 0.341 e. The van der Waals surface area contributed by atoms with Gasteiger partial charge >= 0.3 is 5.97 Å². The van der Waals surface area contributed by atoms with E-state index in [0.29, 0.717) is 38.6 Å². The van der Waals surface area contributed by atoms with Crippen LogP contribution in [0.3, 0.4) is 0 Å². The number of carbonyl (C=O) groups is 1. The lowest BCUT2D eigenvalue weighted by atomic mass is 10.0. The van der Waals surface area contributed by atoms with E-state index in [0.717, 1.165) is 0 Å². The highest BCUT2D eigenvalue weighted by atomic mass is 19.1. The molecule has 3 aromatic carbocycles. The molecular formula is C24H17FN2O3. The van der Waals surface area contributed by atoms with Gasteiger partial charge in [-0.05, 0) is 49.4 Å². The Balaban J connectivity index is 2.11. The van der Waals surface area contributed by atoms with Crippen molar-refractivity contribution >= 4 is 27.8 Å². The number of nitrogens with zero attached hydrogens (tertiary/aromatic N) is 2. The van der Waals surface area contributed by atoms with Crippen molar-refractivity contribution in [3.63, 3.8) is 0 Å². The lowest BCUT2D eigenvalue weighted by Gasteiger charge is -2.17. The highest BCUT2D eigenvalue weighted by Crippen LogP contribution is 2.32. The van der Waals surface area contributed by atoms with Gasteiger partial charge in [0, 0.05) is 10.9 Å². The van der Waals surface area contributed by atoms with Crippen molar-refractivity contribution in [2.45, 2.75) is 6.92 Å². The Hall–Kier alpha value is -3.93. The minimum absolute atomic E-state index is 0.194. The normalized spacial score (nSPS) is 11.4. The quantitative estimate of drug-likeness (QED) is 0.413. The second-order valence-electron chi connectivity index (χ2n) is 6.91. The summed E-state index contributed by atoms with van der Waals surface area (Å²) in [5, 5.41) is 1.12. The van der Waals surface area contributed by atoms with Crippen molar-refractivity contribution in [1.29, 1.82) is 0 Å². The van der Waals surface area contributed by atoms with E-state index in [2.05, 4.69) is 0 Å². The molecule has 0 aliphatic heterocycles. The topological polar surface area (TPSA) is 52.2 Å². The van der Waals surface area contributed by atoms with Crippen LogP contribution in [0.25, 0.3) is 33.1 Å². The number of esters is 1. The van der Waals surface area contributed by atoms with Gasteiger partial charge in [-0.1, -0.05) is 30.3 Å². The number of halogens is 1. The number of hydrogen-bond acceptors (Lipinski definition) is 3. The van der Waals surface area contributed by atoms with Crippen LogP contribution >= 0.6 is 0 Å². The molecule has 6 heteroatoms. The minimum Gasteiger partial charge on any atom is -0.462 e. The van der Waals surface area contributed by atoms with Crippen LogP contribution in [0.4, 0.5) is 4.39 Å². The summed E-state index contributed by atoms with van der Waals surface area (Å²) >= 11 is 0. The van der Waals surface area contributed by atoms with Crippen LogP contribution in [0.2, 0.25) is 0 Å². The molecule has 0 saturated carbocycles. The van der Waals surface area contributed by atoms with Crippen LogP contribution in [0.15, 0.2) is 77.6 Å². The van der Waals surface area contributed by atoms with E-state index < -0.39 is 5.97 Å². The van der Waals surface area contributed by atoms with Gasteiger partial charge in [-0.25, -0.2) is 18.2 Å². The van der Waals surface area contributed by atoms with Gasteiger partial charge in [0.2, 0.25) is 0 Å². The number of hydrogen-bond donors (Lipinski definition) is 0. The Morgan fingerprint density at radius 2 is 1.47 bits per heavy atom. The molecule has 0 atom stereocenters. The van der Waals surface area contributed by atoms with Gasteiger partial charge in [0.25, 0.3) is 5.56 Å². The molecular weight excluding hydrogens is 383 g/mol. The summed E-state index contributed by atoms with van der Waals surface area (Å²) in [6.07, 6.45) is 0. The van der Waals surface area contributed by atoms with Gasteiger partial charge in [0.15, 0.2) is 0 Å². The van der Waals surface area contributed by atoms with Crippen molar-refractivity contribution in [2.75, 3.05) is 6.61 Å². The zero-order valence-electron chi connectivity index (χ0n) is 16.1. The number of aromatic nitrogens is 2. The lowest BCUT2D eigenvalue weighted by molar-refractivity contribution is 0.0529. The summed E-state index contributed by atoms with van der Waals surface area (Å²) in [5.74, 6) is -0.885. The Bertz CT molecular complexity index is 1500. The molecule has 0 bridgehead atoms. The Morgan fingerprint density at radius 1 is 0.867 bits per heavy atom. The smallest absolute Gasteiger partial charge is 0.341 e. The summed E-state index contributed by atoms with van der Waals surface area (Å²) in [4.78, 5) is 26.4. The van der Waals surface area contributed by atoms with Crippen LogP contribution in [0, 0.1) is 5.82 Å². The van der Waals surface area contributed by atoms with Gasteiger partial charge in [0.05, 0.1) is 34.3 Å². The molecule has 0 saturated heterocycles. The second kappa shape index (κ2) is 6.84. The van der Waals surface area contributed by atoms with E-state index in [1.807, 2.05) is 24.3 Å². The minimum atomic E-state index is -0.499. The lowest BCUT2D eigenvalue weighted by Crippen LogP contribution is -2.18. The number of para-hydroxylation sites is 2. The molecule has 2 aromatic heterocycles. The third-order valence-electron chi connectivity index (χ3n) is 5.20. The number of benzene rings is 3. The third kappa shape index (κ3) is 2.54. The molecule has 0 amide bonds. The maximum absolute atomic E-state index is 13.7. The molecule has 30 heavy (non-hydrogen) atoms. The van der Waals surface area contributed by atoms with E-state index in [-0.39, 0.29) is 18.0 Å². The summed E-state index contributed by atoms with van der Waals surface area (Å²) < 4.78 is 22.3. The van der Waals surface area contributed by atoms with E-state index in [4.69, 9.17) is 4.74 Å². The number of ether oxygens (including phenoxy) is 1. The SMILES string of the molecule is CCOC(=O)c1c(-c2ccc(F)cc2)n2c3ccccc3c(=O)n2c2ccccc12. The molecule has 0 fully saturated rings. The van der Waals surface area contributed by atoms with Crippen molar-refractivity contribution in [3.05, 3.63) is 94.5 Å². The van der Waals surface area contributed by atoms with Gasteiger partial charge in [-0.15, -0.1) is 0 Å². The monoisotopic (exact) mass is 400 g/mol. The maximum atomic E-state index is 13.7. The molecule has 148 valence electrons. The van der Waals surface area contributed by atoms with Crippen molar-refractivity contribution in [2.24, 2.45) is 0 Å². The average molecular weight is 400 g/mol. The average Bonchev–Trinajstić information content (AvgIpc) is 3.07. The van der Waals surface area contributed by atoms with Gasteiger partial charge in [0.1, 0.15) is 5.82 Å². The Labute approximate surface area is 170 Å². The summed E-state index contributed by atoms with van der Waals surface area (Å²) in [7, 11) is 0. The molecule has 5 aromatic rings. The van der Waals surface area contributed by atoms with Crippen LogP contribution < -0.4 is 5.56 Å². The molecule has 0 spiro atoms. The first-order chi connectivity index (χ1) is 14.6. The molecule has 0 radical (unpaired) electrons. The summed E-state index contributed by atoms with van der Waals surface area (Å²) in [5.41, 5.74) is 2.46. The van der Waals surface area contributed by atoms with Crippen molar-refractivity contribution in [1.82, 2.24) is 9.03 Å². The molecule has 5 nitrogen and oxygen atoms in total. The zero-order valence-corrected chi connectivity index (χ0v) is 16.1. The van der Waals surface area contributed by atoms with E-state index in [1.54, 1.807) is 52.4 Å². The standard InChI is InChI=1S/C24H17FN2O3/c1-2-30-24(29)21-17-7-3-5-9-19(17)27-23(28)18-8-4-6-10-20(18)26(27)22(21)15-11-13-16(25)14-12-15/h3-14H,2H2,1H3. The molecule has 0 aliphatic carbocycles. The first kappa shape index (κ1) is 18.1. The fourth-order valence-electron chi connectivity index (χ4n) is 3.98. The largest absolute Gasteiger partial charge is 0.462 e. The van der Waals surface area contributed by atoms with Gasteiger partial charge in [-0.2, -0.15) is 0 Å². The number of fused-ring (bicyclic) bond motifs is 5. The van der Waals surface area contributed by atoms with Crippen LogP contribution in [-0.2, 0) is 4.74 Å². The summed E-state index contributed by atoms with van der Waals surface area (Å²) in [6, 6.07) is 20.3. The fraction of sp³-hybridized carbons (Fsp3) is 0.0833. The Morgan fingerprint density at radius 3 is 2.13 bits per heavy atom. The van der Waals surface area contributed by atoms with E-state index >= 15 is 0 Å². The first-order valence-electron chi connectivity index (χ1n) is 9.62. The molecule has 0 unspecified atom stereocenters. The van der Waals surface area contributed by atoms with Gasteiger partial charge < -0.3 is 4.74 Å². The predicted octanol–water partition coefficient (Wildman–Crippen LogP) is 4.69. The second-order valence-corrected chi connectivity index (χ2v) is 6.91. The molecule has 5 rings (SSSR count). The highest BCUT2D eigenvalue weighted by Gasteiger charge is 2.25. The highest BCUT2D eigenvalue weighted by molar-refractivity contribution is 6.09. The summed E-state index contributed by atoms with van der Waals surface area (Å²) in [6.45, 7) is 1.95. The van der Waals surface area contributed by atoms with Crippen LogP contribution in [0.5, 0.6) is 0 Å².